The number of anilines is 1. The number of carbonyl (C=O) groups is 1. The molecule has 2 aromatic heterocycles. The largest absolute Gasteiger partial charge is 0.367 e. The molecule has 178 valence electrons. The van der Waals surface area contributed by atoms with Gasteiger partial charge in [0.15, 0.2) is 11.5 Å². The summed E-state index contributed by atoms with van der Waals surface area (Å²) in [7, 11) is 0. The van der Waals surface area contributed by atoms with Crippen LogP contribution in [0.3, 0.4) is 0 Å². The maximum Gasteiger partial charge on any atom is 0.295 e. The fraction of sp³-hybridized carbons (Fsp3) is 0.259. The van der Waals surface area contributed by atoms with Crippen LogP contribution in [0.25, 0.3) is 11.2 Å². The lowest BCUT2D eigenvalue weighted by molar-refractivity contribution is -0.136. The molecule has 8 heteroatoms. The minimum absolute atomic E-state index is 0.0403. The van der Waals surface area contributed by atoms with Gasteiger partial charge in [-0.05, 0) is 23.3 Å². The molecule has 0 aliphatic carbocycles. The number of aromatic nitrogens is 3. The first-order chi connectivity index (χ1) is 17.2. The second kappa shape index (κ2) is 10.5. The van der Waals surface area contributed by atoms with Crippen LogP contribution in [0.15, 0.2) is 83.8 Å². The molecule has 1 aliphatic heterocycles. The van der Waals surface area contributed by atoms with Crippen molar-refractivity contribution in [2.24, 2.45) is 0 Å². The molecular weight excluding hydrogens is 442 g/mol. The van der Waals surface area contributed by atoms with E-state index in [0.29, 0.717) is 56.3 Å². The summed E-state index contributed by atoms with van der Waals surface area (Å²) < 4.78 is 7.29. The van der Waals surface area contributed by atoms with E-state index in [9.17, 15) is 9.59 Å². The molecule has 1 saturated heterocycles. The number of carbonyl (C=O) groups excluding carboxylic acids is 1. The van der Waals surface area contributed by atoms with Crippen LogP contribution in [0.1, 0.15) is 11.1 Å². The molecule has 0 unspecified atom stereocenters. The van der Waals surface area contributed by atoms with E-state index >= 15 is 0 Å². The molecule has 0 atom stereocenters. The molecular formula is C27H27N5O3. The molecule has 0 spiro atoms. The Morgan fingerprint density at radius 2 is 1.54 bits per heavy atom. The van der Waals surface area contributed by atoms with E-state index in [-0.39, 0.29) is 18.1 Å². The molecule has 0 saturated carbocycles. The molecule has 0 radical (unpaired) electrons. The molecule has 1 fully saturated rings. The molecule has 1 aliphatic rings. The summed E-state index contributed by atoms with van der Waals surface area (Å²) in [6, 6.07) is 23.3. The number of nitrogens with zero attached hydrogens (tertiary/aromatic N) is 5. The van der Waals surface area contributed by atoms with Gasteiger partial charge in [-0.3, -0.25) is 14.2 Å². The maximum atomic E-state index is 13.5. The third-order valence-electron chi connectivity index (χ3n) is 6.14. The van der Waals surface area contributed by atoms with Gasteiger partial charge < -0.3 is 14.5 Å². The summed E-state index contributed by atoms with van der Waals surface area (Å²) in [5, 5.41) is 0. The van der Waals surface area contributed by atoms with Crippen molar-refractivity contribution in [1.29, 1.82) is 0 Å². The number of benzene rings is 2. The monoisotopic (exact) mass is 469 g/mol. The van der Waals surface area contributed by atoms with Gasteiger partial charge in [0.1, 0.15) is 12.1 Å². The highest BCUT2D eigenvalue weighted by Crippen LogP contribution is 2.16. The first-order valence-corrected chi connectivity index (χ1v) is 11.7. The topological polar surface area (TPSA) is 80.6 Å². The highest BCUT2D eigenvalue weighted by Gasteiger charge is 2.25. The van der Waals surface area contributed by atoms with E-state index in [4.69, 9.17) is 4.74 Å². The minimum Gasteiger partial charge on any atom is -0.367 e. The maximum absolute atomic E-state index is 13.5. The minimum atomic E-state index is -0.175. The van der Waals surface area contributed by atoms with E-state index in [2.05, 4.69) is 9.97 Å². The number of pyridine rings is 1. The van der Waals surface area contributed by atoms with Crippen LogP contribution in [0.2, 0.25) is 0 Å². The lowest BCUT2D eigenvalue weighted by atomic mass is 10.2. The van der Waals surface area contributed by atoms with Gasteiger partial charge in [0.05, 0.1) is 13.2 Å². The van der Waals surface area contributed by atoms with Crippen molar-refractivity contribution in [2.45, 2.75) is 13.2 Å². The van der Waals surface area contributed by atoms with Gasteiger partial charge in [-0.25, -0.2) is 9.97 Å². The van der Waals surface area contributed by atoms with Crippen molar-refractivity contribution in [1.82, 2.24) is 19.4 Å². The average molecular weight is 470 g/mol. The SMILES string of the molecule is O=C(COCc1ccccc1)N1CCN(c2nc3cccnc3n(Cc3ccccc3)c2=O)CC1. The molecule has 8 nitrogen and oxygen atoms in total. The molecule has 35 heavy (non-hydrogen) atoms. The Labute approximate surface area is 203 Å². The predicted octanol–water partition coefficient (Wildman–Crippen LogP) is 2.71. The lowest BCUT2D eigenvalue weighted by Gasteiger charge is -2.35. The van der Waals surface area contributed by atoms with Crippen LogP contribution in [-0.2, 0) is 22.7 Å². The Balaban J connectivity index is 1.28. The standard InChI is InChI=1S/C27H27N5O3/c33-24(20-35-19-22-10-5-2-6-11-22)30-14-16-31(17-15-30)26-27(34)32(18-21-8-3-1-4-9-21)25-23(29-26)12-7-13-28-25/h1-13H,14-20H2. The number of hydrogen-bond acceptors (Lipinski definition) is 6. The van der Waals surface area contributed by atoms with E-state index in [0.717, 1.165) is 11.1 Å². The zero-order valence-corrected chi connectivity index (χ0v) is 19.4. The van der Waals surface area contributed by atoms with Crippen molar-refractivity contribution in [3.63, 3.8) is 0 Å². The zero-order valence-electron chi connectivity index (χ0n) is 19.4. The van der Waals surface area contributed by atoms with Gasteiger partial charge in [0.2, 0.25) is 5.91 Å². The van der Waals surface area contributed by atoms with E-state index in [1.54, 1.807) is 15.7 Å². The quantitative estimate of drug-likeness (QED) is 0.414. The number of ether oxygens (including phenoxy) is 1. The first kappa shape index (κ1) is 22.7. The van der Waals surface area contributed by atoms with E-state index in [1.165, 1.54) is 0 Å². The van der Waals surface area contributed by atoms with Crippen molar-refractivity contribution in [2.75, 3.05) is 37.7 Å². The molecule has 3 heterocycles. The summed E-state index contributed by atoms with van der Waals surface area (Å²) in [5.41, 5.74) is 3.12. The summed E-state index contributed by atoms with van der Waals surface area (Å²) in [6.45, 7) is 2.95. The normalized spacial score (nSPS) is 13.8. The number of piperazine rings is 1. The summed E-state index contributed by atoms with van der Waals surface area (Å²) in [5.74, 6) is 0.353. The van der Waals surface area contributed by atoms with Crippen molar-refractivity contribution < 1.29 is 9.53 Å². The molecule has 5 rings (SSSR count). The Morgan fingerprint density at radius 3 is 2.26 bits per heavy atom. The van der Waals surface area contributed by atoms with Crippen LogP contribution in [0.5, 0.6) is 0 Å². The van der Waals surface area contributed by atoms with Crippen LogP contribution in [0.4, 0.5) is 5.82 Å². The Bertz CT molecular complexity index is 1350. The molecule has 0 bridgehead atoms. The van der Waals surface area contributed by atoms with Crippen LogP contribution >= 0.6 is 0 Å². The number of rotatable bonds is 7. The third kappa shape index (κ3) is 5.22. The number of hydrogen-bond donors (Lipinski definition) is 0. The smallest absolute Gasteiger partial charge is 0.295 e. The fourth-order valence-corrected chi connectivity index (χ4v) is 4.27. The van der Waals surface area contributed by atoms with Crippen LogP contribution in [-0.4, -0.2) is 58.1 Å². The van der Waals surface area contributed by atoms with Crippen molar-refractivity contribution in [3.8, 4) is 0 Å². The van der Waals surface area contributed by atoms with Gasteiger partial charge in [-0.1, -0.05) is 60.7 Å². The fourth-order valence-electron chi connectivity index (χ4n) is 4.27. The predicted molar refractivity (Wildman–Crippen MR) is 134 cm³/mol. The van der Waals surface area contributed by atoms with Crippen LogP contribution in [0, 0.1) is 0 Å². The number of amides is 1. The van der Waals surface area contributed by atoms with Crippen LogP contribution < -0.4 is 10.5 Å². The molecule has 2 aromatic carbocycles. The summed E-state index contributed by atoms with van der Waals surface area (Å²) in [4.78, 5) is 38.9. The lowest BCUT2D eigenvalue weighted by Crippen LogP contribution is -2.51. The second-order valence-corrected chi connectivity index (χ2v) is 8.50. The summed E-state index contributed by atoms with van der Waals surface area (Å²) in [6.07, 6.45) is 1.68. The summed E-state index contributed by atoms with van der Waals surface area (Å²) >= 11 is 0. The average Bonchev–Trinajstić information content (AvgIpc) is 2.91. The molecule has 4 aromatic rings. The Hall–Kier alpha value is -4.04. The van der Waals surface area contributed by atoms with Crippen molar-refractivity contribution in [3.05, 3.63) is 100 Å². The highest BCUT2D eigenvalue weighted by molar-refractivity contribution is 5.78. The highest BCUT2D eigenvalue weighted by atomic mass is 16.5. The third-order valence-corrected chi connectivity index (χ3v) is 6.14. The zero-order chi connectivity index (χ0) is 24.0. The van der Waals surface area contributed by atoms with Gasteiger partial charge in [-0.15, -0.1) is 0 Å². The number of fused-ring (bicyclic) bond motifs is 1. The Morgan fingerprint density at radius 1 is 0.857 bits per heavy atom. The molecule has 0 N–H and O–H groups in total. The van der Waals surface area contributed by atoms with Gasteiger partial charge >= 0.3 is 0 Å². The van der Waals surface area contributed by atoms with Crippen molar-refractivity contribution >= 4 is 22.9 Å². The van der Waals surface area contributed by atoms with E-state index < -0.39 is 0 Å². The van der Waals surface area contributed by atoms with Gasteiger partial charge in [0.25, 0.3) is 5.56 Å². The van der Waals surface area contributed by atoms with Gasteiger partial charge in [-0.2, -0.15) is 0 Å². The van der Waals surface area contributed by atoms with E-state index in [1.807, 2.05) is 77.7 Å². The Kier molecular flexibility index (Phi) is 6.81. The second-order valence-electron chi connectivity index (χ2n) is 8.50. The van der Waals surface area contributed by atoms with Gasteiger partial charge in [0, 0.05) is 32.4 Å². The first-order valence-electron chi connectivity index (χ1n) is 11.7. The molecule has 1 amide bonds.